The van der Waals surface area contributed by atoms with Crippen LogP contribution in [0.15, 0.2) is 66.7 Å². The van der Waals surface area contributed by atoms with Gasteiger partial charge in [-0.05, 0) is 73.4 Å². The summed E-state index contributed by atoms with van der Waals surface area (Å²) in [6.45, 7) is 4.72. The molecule has 0 atom stereocenters. The molecule has 9 heteroatoms. The molecule has 1 heterocycles. The Morgan fingerprint density at radius 2 is 1.64 bits per heavy atom. The van der Waals surface area contributed by atoms with Crippen molar-refractivity contribution >= 4 is 17.7 Å². The van der Waals surface area contributed by atoms with E-state index in [9.17, 15) is 18.4 Å². The first-order valence-corrected chi connectivity index (χ1v) is 13.2. The van der Waals surface area contributed by atoms with E-state index in [2.05, 4.69) is 10.2 Å². The first-order chi connectivity index (χ1) is 18.8. The zero-order valence-electron chi connectivity index (χ0n) is 21.9. The largest absolute Gasteiger partial charge is 0.478 e. The number of halogens is 2. The number of anilines is 1. The van der Waals surface area contributed by atoms with Gasteiger partial charge < -0.3 is 15.2 Å². The van der Waals surface area contributed by atoms with Crippen molar-refractivity contribution < 1.29 is 28.2 Å². The number of rotatable bonds is 10. The summed E-state index contributed by atoms with van der Waals surface area (Å²) in [5.41, 5.74) is 1.42. The number of hydrogen-bond donors (Lipinski definition) is 2. The van der Waals surface area contributed by atoms with E-state index in [-0.39, 0.29) is 23.3 Å². The van der Waals surface area contributed by atoms with Gasteiger partial charge in [-0.25, -0.2) is 18.4 Å². The monoisotopic (exact) mass is 537 g/mol. The van der Waals surface area contributed by atoms with Crippen LogP contribution in [0.25, 0.3) is 0 Å². The van der Waals surface area contributed by atoms with Crippen LogP contribution in [-0.4, -0.2) is 47.7 Å². The molecule has 4 rings (SSSR count). The summed E-state index contributed by atoms with van der Waals surface area (Å²) >= 11 is 0. The molecule has 0 aliphatic carbocycles. The Kier molecular flexibility index (Phi) is 9.49. The van der Waals surface area contributed by atoms with E-state index in [0.29, 0.717) is 24.5 Å². The highest BCUT2D eigenvalue weighted by atomic mass is 19.1. The minimum absolute atomic E-state index is 0.0234. The number of nitrogens with one attached hydrogen (secondary N) is 1. The molecule has 1 saturated heterocycles. The van der Waals surface area contributed by atoms with Crippen molar-refractivity contribution in [3.63, 3.8) is 0 Å². The summed E-state index contributed by atoms with van der Waals surface area (Å²) in [6, 6.07) is 16.9. The maximum absolute atomic E-state index is 14.4. The van der Waals surface area contributed by atoms with Crippen molar-refractivity contribution in [1.82, 2.24) is 10.2 Å². The van der Waals surface area contributed by atoms with Crippen LogP contribution in [-0.2, 0) is 6.54 Å². The fourth-order valence-corrected chi connectivity index (χ4v) is 4.56. The minimum atomic E-state index is -0.980. The lowest BCUT2D eigenvalue weighted by atomic mass is 10.0. The van der Waals surface area contributed by atoms with Crippen molar-refractivity contribution in [3.8, 4) is 11.5 Å². The molecule has 1 aliphatic heterocycles. The van der Waals surface area contributed by atoms with Gasteiger partial charge in [0.05, 0.1) is 11.3 Å². The number of hydrogen-bond acceptors (Lipinski definition) is 4. The van der Waals surface area contributed by atoms with E-state index in [4.69, 9.17) is 9.84 Å². The third kappa shape index (κ3) is 7.77. The van der Waals surface area contributed by atoms with Gasteiger partial charge in [0.2, 0.25) is 0 Å². The normalized spacial score (nSPS) is 14.1. The van der Waals surface area contributed by atoms with Gasteiger partial charge in [-0.1, -0.05) is 25.5 Å². The molecule has 1 aliphatic rings. The number of likely N-dealkylation sites (tertiary alicyclic amines) is 1. The van der Waals surface area contributed by atoms with E-state index in [0.717, 1.165) is 50.5 Å². The van der Waals surface area contributed by atoms with Gasteiger partial charge in [0.15, 0.2) is 0 Å². The zero-order chi connectivity index (χ0) is 27.8. The van der Waals surface area contributed by atoms with Crippen LogP contribution < -0.4 is 15.0 Å². The Balaban J connectivity index is 1.26. The Bertz CT molecular complexity index is 1260. The summed E-state index contributed by atoms with van der Waals surface area (Å²) < 4.78 is 33.6. The summed E-state index contributed by atoms with van der Waals surface area (Å²) in [5.74, 6) is -1.18. The molecule has 0 saturated carbocycles. The van der Waals surface area contributed by atoms with Crippen molar-refractivity contribution in [2.45, 2.75) is 45.2 Å². The van der Waals surface area contributed by atoms with Crippen molar-refractivity contribution in [3.05, 3.63) is 89.5 Å². The highest BCUT2D eigenvalue weighted by Crippen LogP contribution is 2.24. The highest BCUT2D eigenvalue weighted by Gasteiger charge is 2.25. The number of benzene rings is 3. The Hall–Kier alpha value is -3.98. The Labute approximate surface area is 227 Å². The lowest BCUT2D eigenvalue weighted by Crippen LogP contribution is -2.49. The van der Waals surface area contributed by atoms with Gasteiger partial charge in [0, 0.05) is 38.3 Å². The van der Waals surface area contributed by atoms with Gasteiger partial charge in [-0.15, -0.1) is 0 Å². The molecule has 0 radical (unpaired) electrons. The SMILES string of the molecule is CCCCN(C(=O)NC1CCN(Cc2ccc(Oc3ccc(C(=O)O)cc3)cc2)CC1)c1ccc(F)cc1F. The van der Waals surface area contributed by atoms with Crippen LogP contribution in [0.3, 0.4) is 0 Å². The molecule has 2 N–H and O–H groups in total. The van der Waals surface area contributed by atoms with E-state index in [1.165, 1.54) is 29.2 Å². The maximum Gasteiger partial charge on any atom is 0.335 e. The average Bonchev–Trinajstić information content (AvgIpc) is 2.92. The zero-order valence-corrected chi connectivity index (χ0v) is 21.9. The van der Waals surface area contributed by atoms with E-state index in [1.54, 1.807) is 12.1 Å². The fourth-order valence-electron chi connectivity index (χ4n) is 4.56. The van der Waals surface area contributed by atoms with Gasteiger partial charge >= 0.3 is 12.0 Å². The topological polar surface area (TPSA) is 82.1 Å². The number of unbranched alkanes of at least 4 members (excludes halogenated alkanes) is 1. The first-order valence-electron chi connectivity index (χ1n) is 13.2. The molecular formula is C30H33F2N3O4. The van der Waals surface area contributed by atoms with Gasteiger partial charge in [0.25, 0.3) is 0 Å². The number of nitrogens with zero attached hydrogens (tertiary/aromatic N) is 2. The van der Waals surface area contributed by atoms with Gasteiger partial charge in [0.1, 0.15) is 23.1 Å². The number of ether oxygens (including phenoxy) is 1. The Morgan fingerprint density at radius 3 is 2.23 bits per heavy atom. The summed E-state index contributed by atoms with van der Waals surface area (Å²) in [6.07, 6.45) is 3.10. The quantitative estimate of drug-likeness (QED) is 0.311. The second-order valence-corrected chi connectivity index (χ2v) is 9.68. The lowest BCUT2D eigenvalue weighted by molar-refractivity contribution is 0.0697. The van der Waals surface area contributed by atoms with Crippen LogP contribution >= 0.6 is 0 Å². The van der Waals surface area contributed by atoms with Crippen LogP contribution in [0.1, 0.15) is 48.5 Å². The predicted molar refractivity (Wildman–Crippen MR) is 145 cm³/mol. The second-order valence-electron chi connectivity index (χ2n) is 9.68. The molecule has 0 bridgehead atoms. The number of carboxylic acids is 1. The molecule has 7 nitrogen and oxygen atoms in total. The van der Waals surface area contributed by atoms with Gasteiger partial charge in [-0.2, -0.15) is 0 Å². The van der Waals surface area contributed by atoms with E-state index in [1.807, 2.05) is 31.2 Å². The smallest absolute Gasteiger partial charge is 0.335 e. The minimum Gasteiger partial charge on any atom is -0.478 e. The summed E-state index contributed by atoms with van der Waals surface area (Å²) in [7, 11) is 0. The van der Waals surface area contributed by atoms with Crippen molar-refractivity contribution in [2.75, 3.05) is 24.5 Å². The molecule has 3 aromatic carbocycles. The first kappa shape index (κ1) is 28.0. The number of aromatic carboxylic acids is 1. The van der Waals surface area contributed by atoms with Crippen molar-refractivity contribution in [2.24, 2.45) is 0 Å². The average molecular weight is 538 g/mol. The van der Waals surface area contributed by atoms with Crippen LogP contribution in [0, 0.1) is 11.6 Å². The van der Waals surface area contributed by atoms with Crippen LogP contribution in [0.5, 0.6) is 11.5 Å². The number of carbonyl (C=O) groups excluding carboxylic acids is 1. The molecule has 206 valence electrons. The highest BCUT2D eigenvalue weighted by molar-refractivity contribution is 5.92. The van der Waals surface area contributed by atoms with E-state index < -0.39 is 17.6 Å². The molecular weight excluding hydrogens is 504 g/mol. The molecule has 1 fully saturated rings. The maximum atomic E-state index is 14.4. The molecule has 39 heavy (non-hydrogen) atoms. The third-order valence-electron chi connectivity index (χ3n) is 6.76. The number of carboxylic acid groups (broad SMARTS) is 1. The van der Waals surface area contributed by atoms with Crippen LogP contribution in [0.4, 0.5) is 19.3 Å². The van der Waals surface area contributed by atoms with E-state index >= 15 is 0 Å². The van der Waals surface area contributed by atoms with Crippen molar-refractivity contribution in [1.29, 1.82) is 0 Å². The summed E-state index contributed by atoms with van der Waals surface area (Å²) in [5, 5.41) is 12.0. The lowest BCUT2D eigenvalue weighted by Gasteiger charge is -2.34. The standard InChI is InChI=1S/C30H33F2N3O4/c1-2-3-16-35(28-13-8-23(31)19-27(28)32)30(38)33-24-14-17-34(18-15-24)20-21-4-9-25(10-5-21)39-26-11-6-22(7-12-26)29(36)37/h4-13,19,24H,2-3,14-18,20H2,1H3,(H,33,38)(H,36,37). The summed E-state index contributed by atoms with van der Waals surface area (Å²) in [4.78, 5) is 27.7. The molecule has 0 spiro atoms. The number of amides is 2. The van der Waals surface area contributed by atoms with Crippen LogP contribution in [0.2, 0.25) is 0 Å². The number of urea groups is 1. The predicted octanol–water partition coefficient (Wildman–Crippen LogP) is 6.44. The fraction of sp³-hybridized carbons (Fsp3) is 0.333. The molecule has 3 aromatic rings. The Morgan fingerprint density at radius 1 is 1.00 bits per heavy atom. The second kappa shape index (κ2) is 13.2. The van der Waals surface area contributed by atoms with Gasteiger partial charge in [-0.3, -0.25) is 9.80 Å². The number of piperidine rings is 1. The third-order valence-corrected chi connectivity index (χ3v) is 6.76. The molecule has 0 aromatic heterocycles. The molecule has 0 unspecified atom stereocenters. The molecule has 2 amide bonds. The number of carbonyl (C=O) groups is 2.